The summed E-state index contributed by atoms with van der Waals surface area (Å²) in [4.78, 5) is 26.5. The molecule has 0 bridgehead atoms. The van der Waals surface area contributed by atoms with E-state index in [1.807, 2.05) is 0 Å². The van der Waals surface area contributed by atoms with Gasteiger partial charge in [-0.05, 0) is 13.0 Å². The zero-order chi connectivity index (χ0) is 15.0. The van der Waals surface area contributed by atoms with E-state index >= 15 is 0 Å². The molecule has 0 radical (unpaired) electrons. The van der Waals surface area contributed by atoms with Gasteiger partial charge in [-0.2, -0.15) is 0 Å². The first-order valence-electron chi connectivity index (χ1n) is 6.70. The van der Waals surface area contributed by atoms with E-state index in [-0.39, 0.29) is 19.2 Å². The molecule has 1 unspecified atom stereocenters. The number of ether oxygens (including phenoxy) is 1. The SMILES string of the molecule is COC(CNC(=O)N1CCCN(CCO)CC1)C(=O)O. The quantitative estimate of drug-likeness (QED) is 0.567. The molecule has 116 valence electrons. The van der Waals surface area contributed by atoms with Crippen LogP contribution in [0.1, 0.15) is 6.42 Å². The lowest BCUT2D eigenvalue weighted by atomic mass is 10.3. The fraction of sp³-hybridized carbons (Fsp3) is 0.833. The standard InChI is InChI=1S/C12H23N3O5/c1-20-10(11(17)18)9-13-12(19)15-4-2-3-14(5-6-15)7-8-16/h10,16H,2-9H2,1H3,(H,13,19)(H,17,18). The van der Waals surface area contributed by atoms with Crippen LogP contribution in [0.4, 0.5) is 4.79 Å². The van der Waals surface area contributed by atoms with E-state index in [2.05, 4.69) is 10.2 Å². The maximum absolute atomic E-state index is 12.0. The summed E-state index contributed by atoms with van der Waals surface area (Å²) >= 11 is 0. The number of nitrogens with one attached hydrogen (secondary N) is 1. The Labute approximate surface area is 118 Å². The molecule has 1 rings (SSSR count). The Balaban J connectivity index is 2.37. The number of carboxylic acids is 1. The van der Waals surface area contributed by atoms with Crippen LogP contribution < -0.4 is 5.32 Å². The summed E-state index contributed by atoms with van der Waals surface area (Å²) < 4.78 is 4.75. The lowest BCUT2D eigenvalue weighted by Crippen LogP contribution is -2.46. The molecule has 1 heterocycles. The maximum atomic E-state index is 12.0. The Kier molecular flexibility index (Phi) is 7.27. The Morgan fingerprint density at radius 2 is 2.05 bits per heavy atom. The van der Waals surface area contributed by atoms with Crippen LogP contribution in [-0.4, -0.2) is 91.1 Å². The molecule has 1 aliphatic rings. The van der Waals surface area contributed by atoms with Gasteiger partial charge < -0.3 is 25.2 Å². The molecule has 1 fully saturated rings. The Morgan fingerprint density at radius 1 is 1.30 bits per heavy atom. The van der Waals surface area contributed by atoms with Crippen molar-refractivity contribution in [2.75, 3.05) is 53.0 Å². The van der Waals surface area contributed by atoms with Crippen molar-refractivity contribution in [1.82, 2.24) is 15.1 Å². The van der Waals surface area contributed by atoms with E-state index in [9.17, 15) is 9.59 Å². The first-order valence-corrected chi connectivity index (χ1v) is 6.70. The Bertz CT molecular complexity index is 326. The molecule has 8 heteroatoms. The minimum Gasteiger partial charge on any atom is -0.479 e. The number of amides is 2. The van der Waals surface area contributed by atoms with Gasteiger partial charge in [0, 0.05) is 33.3 Å². The number of carbonyl (C=O) groups excluding carboxylic acids is 1. The molecule has 20 heavy (non-hydrogen) atoms. The number of rotatable bonds is 6. The zero-order valence-corrected chi connectivity index (χ0v) is 11.7. The molecule has 3 N–H and O–H groups in total. The highest BCUT2D eigenvalue weighted by molar-refractivity contribution is 5.77. The van der Waals surface area contributed by atoms with Gasteiger partial charge in [0.15, 0.2) is 6.10 Å². The molecule has 0 saturated carbocycles. The predicted molar refractivity (Wildman–Crippen MR) is 71.5 cm³/mol. The van der Waals surface area contributed by atoms with Crippen molar-refractivity contribution in [3.8, 4) is 0 Å². The molecule has 1 saturated heterocycles. The molecule has 0 aromatic heterocycles. The largest absolute Gasteiger partial charge is 0.479 e. The van der Waals surface area contributed by atoms with Crippen LogP contribution in [-0.2, 0) is 9.53 Å². The molecule has 1 atom stereocenters. The van der Waals surface area contributed by atoms with E-state index in [0.717, 1.165) is 13.0 Å². The van der Waals surface area contributed by atoms with Crippen molar-refractivity contribution in [1.29, 1.82) is 0 Å². The zero-order valence-electron chi connectivity index (χ0n) is 11.7. The topological polar surface area (TPSA) is 102 Å². The predicted octanol–water partition coefficient (Wildman–Crippen LogP) is -1.20. The Morgan fingerprint density at radius 3 is 2.65 bits per heavy atom. The van der Waals surface area contributed by atoms with Gasteiger partial charge in [-0.1, -0.05) is 0 Å². The highest BCUT2D eigenvalue weighted by atomic mass is 16.5. The molecule has 0 spiro atoms. The summed E-state index contributed by atoms with van der Waals surface area (Å²) in [7, 11) is 1.30. The second-order valence-electron chi connectivity index (χ2n) is 4.65. The van der Waals surface area contributed by atoms with Crippen molar-refractivity contribution in [2.45, 2.75) is 12.5 Å². The third-order valence-corrected chi connectivity index (χ3v) is 3.29. The van der Waals surface area contributed by atoms with Crippen LogP contribution in [0.2, 0.25) is 0 Å². The van der Waals surface area contributed by atoms with Crippen molar-refractivity contribution >= 4 is 12.0 Å². The van der Waals surface area contributed by atoms with Gasteiger partial charge in [0.2, 0.25) is 0 Å². The molecule has 2 amide bonds. The first-order chi connectivity index (χ1) is 9.58. The third-order valence-electron chi connectivity index (χ3n) is 3.29. The summed E-state index contributed by atoms with van der Waals surface area (Å²) in [5.41, 5.74) is 0. The number of aliphatic hydroxyl groups excluding tert-OH is 1. The number of hydrogen-bond donors (Lipinski definition) is 3. The van der Waals surface area contributed by atoms with E-state index < -0.39 is 12.1 Å². The number of urea groups is 1. The number of β-amino-alcohol motifs (C(OH)–C–C–N with tert-alkyl or cyclic N) is 1. The summed E-state index contributed by atoms with van der Waals surface area (Å²) in [5, 5.41) is 20.3. The minimum absolute atomic E-state index is 0.0540. The molecular formula is C12H23N3O5. The maximum Gasteiger partial charge on any atom is 0.334 e. The molecule has 0 aromatic carbocycles. The summed E-state index contributed by atoms with van der Waals surface area (Å²) in [6, 6.07) is -0.279. The smallest absolute Gasteiger partial charge is 0.334 e. The molecule has 1 aliphatic heterocycles. The fourth-order valence-electron chi connectivity index (χ4n) is 2.10. The Hall–Kier alpha value is -1.38. The van der Waals surface area contributed by atoms with Crippen molar-refractivity contribution in [3.05, 3.63) is 0 Å². The number of aliphatic hydroxyl groups is 1. The second kappa shape index (κ2) is 8.72. The van der Waals surface area contributed by atoms with Crippen LogP contribution in [0.5, 0.6) is 0 Å². The number of carboxylic acid groups (broad SMARTS) is 1. The van der Waals surface area contributed by atoms with Crippen LogP contribution in [0.3, 0.4) is 0 Å². The summed E-state index contributed by atoms with van der Waals surface area (Å²) in [5.74, 6) is -1.10. The number of methoxy groups -OCH3 is 1. The van der Waals surface area contributed by atoms with Gasteiger partial charge in [0.05, 0.1) is 13.2 Å². The lowest BCUT2D eigenvalue weighted by molar-refractivity contribution is -0.148. The van der Waals surface area contributed by atoms with E-state index in [1.54, 1.807) is 4.90 Å². The van der Waals surface area contributed by atoms with Crippen molar-refractivity contribution in [2.24, 2.45) is 0 Å². The first kappa shape index (κ1) is 16.7. The van der Waals surface area contributed by atoms with Crippen LogP contribution in [0.25, 0.3) is 0 Å². The number of nitrogens with zero attached hydrogens (tertiary/aromatic N) is 2. The van der Waals surface area contributed by atoms with Crippen molar-refractivity contribution in [3.63, 3.8) is 0 Å². The summed E-state index contributed by atoms with van der Waals surface area (Å²) in [6.45, 7) is 3.41. The number of aliphatic carboxylic acids is 1. The third kappa shape index (κ3) is 5.32. The summed E-state index contributed by atoms with van der Waals surface area (Å²) in [6.07, 6.45) is -0.197. The van der Waals surface area contributed by atoms with Gasteiger partial charge in [-0.3, -0.25) is 4.90 Å². The van der Waals surface area contributed by atoms with Gasteiger partial charge in [0.25, 0.3) is 0 Å². The number of carbonyl (C=O) groups is 2. The van der Waals surface area contributed by atoms with Gasteiger partial charge in [0.1, 0.15) is 0 Å². The van der Waals surface area contributed by atoms with E-state index in [0.29, 0.717) is 26.2 Å². The fourth-order valence-corrected chi connectivity index (χ4v) is 2.10. The van der Waals surface area contributed by atoms with Gasteiger partial charge >= 0.3 is 12.0 Å². The van der Waals surface area contributed by atoms with Gasteiger partial charge in [-0.25, -0.2) is 9.59 Å². The molecule has 8 nitrogen and oxygen atoms in total. The van der Waals surface area contributed by atoms with Crippen molar-refractivity contribution < 1.29 is 24.5 Å². The minimum atomic E-state index is -1.10. The second-order valence-corrected chi connectivity index (χ2v) is 4.65. The highest BCUT2D eigenvalue weighted by Gasteiger charge is 2.21. The van der Waals surface area contributed by atoms with Crippen LogP contribution >= 0.6 is 0 Å². The normalized spacial score (nSPS) is 18.4. The van der Waals surface area contributed by atoms with Gasteiger partial charge in [-0.15, -0.1) is 0 Å². The lowest BCUT2D eigenvalue weighted by Gasteiger charge is -2.22. The average Bonchev–Trinajstić information content (AvgIpc) is 2.65. The van der Waals surface area contributed by atoms with E-state index in [4.69, 9.17) is 14.9 Å². The number of hydrogen-bond acceptors (Lipinski definition) is 5. The van der Waals surface area contributed by atoms with Crippen LogP contribution in [0.15, 0.2) is 0 Å². The average molecular weight is 289 g/mol. The molecule has 0 aliphatic carbocycles. The molecular weight excluding hydrogens is 266 g/mol. The molecule has 0 aromatic rings. The van der Waals surface area contributed by atoms with E-state index in [1.165, 1.54) is 7.11 Å². The van der Waals surface area contributed by atoms with Crippen LogP contribution in [0, 0.1) is 0 Å². The monoisotopic (exact) mass is 289 g/mol. The highest BCUT2D eigenvalue weighted by Crippen LogP contribution is 2.03.